The molecule has 1 saturated carbocycles. The van der Waals surface area contributed by atoms with Gasteiger partial charge < -0.3 is 4.74 Å². The summed E-state index contributed by atoms with van der Waals surface area (Å²) < 4.78 is 5.67. The first-order valence-corrected chi connectivity index (χ1v) is 6.11. The highest BCUT2D eigenvalue weighted by Crippen LogP contribution is 2.42. The first-order chi connectivity index (χ1) is 6.81. The Morgan fingerprint density at radius 3 is 2.14 bits per heavy atom. The fraction of sp³-hybridized carbons (Fsp3) is 0.846. The predicted octanol–water partition coefficient (Wildman–Crippen LogP) is 4.04. The molecule has 1 saturated heterocycles. The number of rotatable bonds is 0. The molecule has 1 aliphatic carbocycles. The van der Waals surface area contributed by atoms with Gasteiger partial charge in [-0.25, -0.2) is 0 Å². The summed E-state index contributed by atoms with van der Waals surface area (Å²) in [5, 5.41) is 0. The molecule has 2 fully saturated rings. The SMILES string of the molecule is C=C1CCC2(CCCCCCC2)CO1. The molecule has 0 radical (unpaired) electrons. The normalized spacial score (nSPS) is 27.9. The van der Waals surface area contributed by atoms with Crippen LogP contribution in [0.25, 0.3) is 0 Å². The maximum Gasteiger partial charge on any atom is 0.0933 e. The molecule has 1 heteroatoms. The second-order valence-electron chi connectivity index (χ2n) is 5.10. The van der Waals surface area contributed by atoms with E-state index in [2.05, 4.69) is 6.58 Å². The van der Waals surface area contributed by atoms with E-state index in [-0.39, 0.29) is 0 Å². The summed E-state index contributed by atoms with van der Waals surface area (Å²) >= 11 is 0. The van der Waals surface area contributed by atoms with Crippen molar-refractivity contribution in [1.29, 1.82) is 0 Å². The minimum atomic E-state index is 0.529. The van der Waals surface area contributed by atoms with Crippen LogP contribution in [0.15, 0.2) is 12.3 Å². The quantitative estimate of drug-likeness (QED) is 0.565. The summed E-state index contributed by atoms with van der Waals surface area (Å²) in [6, 6.07) is 0. The fourth-order valence-electron chi connectivity index (χ4n) is 2.85. The van der Waals surface area contributed by atoms with Gasteiger partial charge in [-0.15, -0.1) is 0 Å². The predicted molar refractivity (Wildman–Crippen MR) is 59.1 cm³/mol. The minimum Gasteiger partial charge on any atom is -0.498 e. The van der Waals surface area contributed by atoms with E-state index in [4.69, 9.17) is 4.74 Å². The van der Waals surface area contributed by atoms with Gasteiger partial charge in [0.1, 0.15) is 0 Å². The Kier molecular flexibility index (Phi) is 3.15. The van der Waals surface area contributed by atoms with Crippen molar-refractivity contribution in [1.82, 2.24) is 0 Å². The van der Waals surface area contributed by atoms with Crippen molar-refractivity contribution in [3.63, 3.8) is 0 Å². The summed E-state index contributed by atoms with van der Waals surface area (Å²) in [5.41, 5.74) is 0.529. The van der Waals surface area contributed by atoms with Crippen molar-refractivity contribution in [3.8, 4) is 0 Å². The van der Waals surface area contributed by atoms with E-state index in [9.17, 15) is 0 Å². The number of ether oxygens (including phenoxy) is 1. The Morgan fingerprint density at radius 2 is 1.57 bits per heavy atom. The highest BCUT2D eigenvalue weighted by atomic mass is 16.5. The molecule has 2 rings (SSSR count). The van der Waals surface area contributed by atoms with Crippen LogP contribution in [0.3, 0.4) is 0 Å². The lowest BCUT2D eigenvalue weighted by molar-refractivity contribution is 0.0197. The van der Waals surface area contributed by atoms with Crippen molar-refractivity contribution >= 4 is 0 Å². The molecule has 1 heterocycles. The molecule has 1 nitrogen and oxygen atoms in total. The summed E-state index contributed by atoms with van der Waals surface area (Å²) in [7, 11) is 0. The van der Waals surface area contributed by atoms with Gasteiger partial charge in [-0.05, 0) is 19.3 Å². The lowest BCUT2D eigenvalue weighted by atomic mass is 9.72. The molecule has 0 aromatic carbocycles. The first-order valence-electron chi connectivity index (χ1n) is 6.11. The molecule has 0 unspecified atom stereocenters. The number of hydrogen-bond donors (Lipinski definition) is 0. The van der Waals surface area contributed by atoms with E-state index in [0.29, 0.717) is 5.41 Å². The Morgan fingerprint density at radius 1 is 0.929 bits per heavy atom. The molecule has 80 valence electrons. The van der Waals surface area contributed by atoms with Gasteiger partial charge in [-0.1, -0.05) is 38.7 Å². The zero-order valence-electron chi connectivity index (χ0n) is 9.19. The van der Waals surface area contributed by atoms with Crippen LogP contribution < -0.4 is 0 Å². The van der Waals surface area contributed by atoms with E-state index in [1.54, 1.807) is 0 Å². The first kappa shape index (κ1) is 10.1. The Bertz CT molecular complexity index is 187. The number of hydrogen-bond acceptors (Lipinski definition) is 1. The topological polar surface area (TPSA) is 9.23 Å². The van der Waals surface area contributed by atoms with Gasteiger partial charge in [0.25, 0.3) is 0 Å². The zero-order chi connectivity index (χ0) is 9.86. The maximum absolute atomic E-state index is 5.67. The van der Waals surface area contributed by atoms with Crippen LogP contribution in [-0.4, -0.2) is 6.61 Å². The highest BCUT2D eigenvalue weighted by molar-refractivity contribution is 4.94. The lowest BCUT2D eigenvalue weighted by Crippen LogP contribution is -2.31. The molecule has 0 N–H and O–H groups in total. The fourth-order valence-corrected chi connectivity index (χ4v) is 2.85. The molecule has 0 bridgehead atoms. The van der Waals surface area contributed by atoms with Crippen LogP contribution in [0.2, 0.25) is 0 Å². The molecular formula is C13H22O. The lowest BCUT2D eigenvalue weighted by Gasteiger charge is -2.39. The summed E-state index contributed by atoms with van der Waals surface area (Å²) in [4.78, 5) is 0. The van der Waals surface area contributed by atoms with Crippen molar-refractivity contribution in [2.75, 3.05) is 6.61 Å². The largest absolute Gasteiger partial charge is 0.498 e. The van der Waals surface area contributed by atoms with Crippen molar-refractivity contribution in [2.24, 2.45) is 5.41 Å². The molecule has 2 aliphatic rings. The third-order valence-electron chi connectivity index (χ3n) is 3.93. The van der Waals surface area contributed by atoms with E-state index in [1.807, 2.05) is 0 Å². The second kappa shape index (κ2) is 4.37. The van der Waals surface area contributed by atoms with Crippen LogP contribution in [0.4, 0.5) is 0 Å². The van der Waals surface area contributed by atoms with Gasteiger partial charge in [0.05, 0.1) is 12.4 Å². The molecule has 14 heavy (non-hydrogen) atoms. The Balaban J connectivity index is 1.94. The van der Waals surface area contributed by atoms with E-state index in [0.717, 1.165) is 18.8 Å². The van der Waals surface area contributed by atoms with Gasteiger partial charge in [-0.3, -0.25) is 0 Å². The standard InChI is InChI=1S/C13H22O/c1-12-7-10-13(11-14-12)8-5-3-2-4-6-9-13/h1-11H2. The molecule has 0 aromatic heterocycles. The van der Waals surface area contributed by atoms with Crippen LogP contribution in [0.1, 0.15) is 57.8 Å². The van der Waals surface area contributed by atoms with Crippen molar-refractivity contribution in [3.05, 3.63) is 12.3 Å². The summed E-state index contributed by atoms with van der Waals surface area (Å²) in [6.45, 7) is 4.86. The molecule has 1 spiro atoms. The monoisotopic (exact) mass is 194 g/mol. The maximum atomic E-state index is 5.67. The van der Waals surface area contributed by atoms with Gasteiger partial charge in [0.15, 0.2) is 0 Å². The van der Waals surface area contributed by atoms with E-state index < -0.39 is 0 Å². The van der Waals surface area contributed by atoms with Gasteiger partial charge >= 0.3 is 0 Å². The molecule has 0 aromatic rings. The van der Waals surface area contributed by atoms with Crippen LogP contribution >= 0.6 is 0 Å². The Hall–Kier alpha value is -0.460. The van der Waals surface area contributed by atoms with E-state index >= 15 is 0 Å². The third-order valence-corrected chi connectivity index (χ3v) is 3.93. The molecule has 0 atom stereocenters. The minimum absolute atomic E-state index is 0.529. The zero-order valence-corrected chi connectivity index (χ0v) is 9.19. The van der Waals surface area contributed by atoms with Crippen molar-refractivity contribution in [2.45, 2.75) is 57.8 Å². The number of allylic oxidation sites excluding steroid dienone is 1. The van der Waals surface area contributed by atoms with Crippen LogP contribution in [0.5, 0.6) is 0 Å². The second-order valence-corrected chi connectivity index (χ2v) is 5.10. The average molecular weight is 194 g/mol. The highest BCUT2D eigenvalue weighted by Gasteiger charge is 2.33. The average Bonchev–Trinajstić information content (AvgIpc) is 2.16. The molecule has 1 aliphatic heterocycles. The van der Waals surface area contributed by atoms with Crippen molar-refractivity contribution < 1.29 is 4.74 Å². The van der Waals surface area contributed by atoms with Gasteiger partial charge in [-0.2, -0.15) is 0 Å². The van der Waals surface area contributed by atoms with E-state index in [1.165, 1.54) is 51.4 Å². The van der Waals surface area contributed by atoms with Crippen LogP contribution in [-0.2, 0) is 4.74 Å². The summed E-state index contributed by atoms with van der Waals surface area (Å²) in [5.74, 6) is 1.01. The van der Waals surface area contributed by atoms with Gasteiger partial charge in [0.2, 0.25) is 0 Å². The third kappa shape index (κ3) is 2.31. The van der Waals surface area contributed by atoms with Crippen LogP contribution in [0, 0.1) is 5.41 Å². The Labute approximate surface area is 87.5 Å². The van der Waals surface area contributed by atoms with Gasteiger partial charge in [0, 0.05) is 11.8 Å². The summed E-state index contributed by atoms with van der Waals surface area (Å²) in [6.07, 6.45) is 12.3. The molecular weight excluding hydrogens is 172 g/mol. The smallest absolute Gasteiger partial charge is 0.0933 e. The molecule has 0 amide bonds.